The van der Waals surface area contributed by atoms with Crippen LogP contribution in [0.3, 0.4) is 0 Å². The third-order valence-corrected chi connectivity index (χ3v) is 7.68. The number of methoxy groups -OCH3 is 3. The normalized spacial score (nSPS) is 13.3. The maximum absolute atomic E-state index is 12.7. The number of rotatable bonds is 11. The molecule has 1 aliphatic rings. The van der Waals surface area contributed by atoms with Crippen molar-refractivity contribution in [2.75, 3.05) is 64.3 Å². The van der Waals surface area contributed by atoms with Crippen LogP contribution >= 0.6 is 0 Å². The molecule has 1 saturated heterocycles. The molecule has 0 unspecified atom stereocenters. The van der Waals surface area contributed by atoms with Gasteiger partial charge in [0.2, 0.25) is 0 Å². The molecule has 224 valence electrons. The summed E-state index contributed by atoms with van der Waals surface area (Å²) in [5.41, 5.74) is 5.55. The van der Waals surface area contributed by atoms with Crippen LogP contribution in [0.4, 0.5) is 11.4 Å². The Hall–Kier alpha value is -4.69. The minimum absolute atomic E-state index is 0.141. The zero-order valence-electron chi connectivity index (χ0n) is 25.3. The van der Waals surface area contributed by atoms with Crippen molar-refractivity contribution in [2.24, 2.45) is 0 Å². The van der Waals surface area contributed by atoms with Crippen LogP contribution in [0.5, 0.6) is 23.0 Å². The number of amides is 1. The van der Waals surface area contributed by atoms with Gasteiger partial charge in [0, 0.05) is 49.7 Å². The highest BCUT2D eigenvalue weighted by atomic mass is 16.5. The highest BCUT2D eigenvalue weighted by molar-refractivity contribution is 6.04. The third kappa shape index (κ3) is 7.21. The van der Waals surface area contributed by atoms with Crippen LogP contribution in [-0.4, -0.2) is 64.9 Å². The molecule has 0 aliphatic carbocycles. The van der Waals surface area contributed by atoms with Gasteiger partial charge in [0.05, 0.1) is 33.5 Å². The molecule has 4 aromatic carbocycles. The average Bonchev–Trinajstić information content (AvgIpc) is 3.06. The average molecular weight is 582 g/mol. The summed E-state index contributed by atoms with van der Waals surface area (Å²) in [7, 11) is 5.03. The fraction of sp³-hybridized carbons (Fsp3) is 0.286. The molecule has 1 fully saturated rings. The Morgan fingerprint density at radius 1 is 0.744 bits per heavy atom. The van der Waals surface area contributed by atoms with Crippen LogP contribution in [0.15, 0.2) is 84.9 Å². The van der Waals surface area contributed by atoms with Gasteiger partial charge in [-0.15, -0.1) is 0 Å². The molecule has 1 N–H and O–H groups in total. The number of anilines is 2. The number of ether oxygens (including phenoxy) is 4. The minimum Gasteiger partial charge on any atom is -0.497 e. The topological polar surface area (TPSA) is 72.5 Å². The van der Waals surface area contributed by atoms with Crippen LogP contribution in [0, 0.1) is 0 Å². The standard InChI is InChI=1S/C35H39N3O5/c1-5-43-31-8-6-7-26(21-31)27-22-33(41-3)32(34(23-27)42-4)24-37-17-19-38(20-18-37)29-13-9-25(10-14-29)35(39)36-28-11-15-30(40-2)16-12-28/h6-16,21-23H,5,17-20,24H2,1-4H3,(H,36,39). The number of hydrogen-bond acceptors (Lipinski definition) is 7. The summed E-state index contributed by atoms with van der Waals surface area (Å²) in [6.45, 7) is 6.87. The summed E-state index contributed by atoms with van der Waals surface area (Å²) in [4.78, 5) is 17.5. The summed E-state index contributed by atoms with van der Waals surface area (Å²) in [5.74, 6) is 3.06. The number of carbonyl (C=O) groups excluding carboxylic acids is 1. The first-order valence-electron chi connectivity index (χ1n) is 14.5. The lowest BCUT2D eigenvalue weighted by molar-refractivity contribution is 0.102. The van der Waals surface area contributed by atoms with E-state index in [-0.39, 0.29) is 5.91 Å². The Labute approximate surface area is 253 Å². The molecule has 0 spiro atoms. The molecule has 8 nitrogen and oxygen atoms in total. The first kappa shape index (κ1) is 29.8. The second kappa shape index (κ2) is 14.0. The number of benzene rings is 4. The van der Waals surface area contributed by atoms with E-state index in [2.05, 4.69) is 33.3 Å². The number of hydrogen-bond donors (Lipinski definition) is 1. The zero-order chi connectivity index (χ0) is 30.2. The van der Waals surface area contributed by atoms with Crippen LogP contribution in [0.25, 0.3) is 11.1 Å². The fourth-order valence-corrected chi connectivity index (χ4v) is 5.33. The molecule has 1 aliphatic heterocycles. The van der Waals surface area contributed by atoms with Gasteiger partial charge in [-0.1, -0.05) is 12.1 Å². The molecule has 1 heterocycles. The number of carbonyl (C=O) groups is 1. The van der Waals surface area contributed by atoms with Crippen molar-refractivity contribution in [3.05, 3.63) is 96.1 Å². The first-order chi connectivity index (χ1) is 21.0. The van der Waals surface area contributed by atoms with Gasteiger partial charge in [-0.25, -0.2) is 0 Å². The monoisotopic (exact) mass is 581 g/mol. The Bertz CT molecular complexity index is 1490. The SMILES string of the molecule is CCOc1cccc(-c2cc(OC)c(CN3CCN(c4ccc(C(=O)Nc5ccc(OC)cc5)cc4)CC3)c(OC)c2)c1. The molecule has 0 aromatic heterocycles. The maximum Gasteiger partial charge on any atom is 0.255 e. The third-order valence-electron chi connectivity index (χ3n) is 7.68. The highest BCUT2D eigenvalue weighted by Crippen LogP contribution is 2.37. The van der Waals surface area contributed by atoms with E-state index in [0.717, 1.165) is 83.8 Å². The molecule has 8 heteroatoms. The fourth-order valence-electron chi connectivity index (χ4n) is 5.33. The molecule has 4 aromatic rings. The molecule has 0 bridgehead atoms. The van der Waals surface area contributed by atoms with E-state index in [1.54, 1.807) is 21.3 Å². The maximum atomic E-state index is 12.7. The van der Waals surface area contributed by atoms with Gasteiger partial charge in [-0.05, 0) is 90.8 Å². The predicted molar refractivity (Wildman–Crippen MR) is 171 cm³/mol. The van der Waals surface area contributed by atoms with E-state index in [0.29, 0.717) is 12.2 Å². The number of nitrogens with zero attached hydrogens (tertiary/aromatic N) is 2. The second-order valence-corrected chi connectivity index (χ2v) is 10.3. The lowest BCUT2D eigenvalue weighted by Gasteiger charge is -2.36. The molecule has 0 saturated carbocycles. The van der Waals surface area contributed by atoms with Crippen molar-refractivity contribution in [1.82, 2.24) is 4.90 Å². The van der Waals surface area contributed by atoms with E-state index < -0.39 is 0 Å². The largest absolute Gasteiger partial charge is 0.497 e. The lowest BCUT2D eigenvalue weighted by Crippen LogP contribution is -2.46. The summed E-state index contributed by atoms with van der Waals surface area (Å²) in [6.07, 6.45) is 0. The van der Waals surface area contributed by atoms with Gasteiger partial charge >= 0.3 is 0 Å². The quantitative estimate of drug-likeness (QED) is 0.221. The van der Waals surface area contributed by atoms with Crippen LogP contribution in [0.1, 0.15) is 22.8 Å². The Morgan fingerprint density at radius 2 is 1.42 bits per heavy atom. The van der Waals surface area contributed by atoms with E-state index in [1.807, 2.05) is 73.7 Å². The van der Waals surface area contributed by atoms with Gasteiger partial charge in [-0.3, -0.25) is 9.69 Å². The van der Waals surface area contributed by atoms with E-state index in [9.17, 15) is 4.79 Å². The summed E-state index contributed by atoms with van der Waals surface area (Å²) < 4.78 is 22.6. The van der Waals surface area contributed by atoms with Crippen molar-refractivity contribution < 1.29 is 23.7 Å². The molecular weight excluding hydrogens is 542 g/mol. The smallest absolute Gasteiger partial charge is 0.255 e. The minimum atomic E-state index is -0.141. The van der Waals surface area contributed by atoms with Gasteiger partial charge < -0.3 is 29.2 Å². The highest BCUT2D eigenvalue weighted by Gasteiger charge is 2.22. The van der Waals surface area contributed by atoms with Gasteiger partial charge in [0.25, 0.3) is 5.91 Å². The molecule has 0 radical (unpaired) electrons. The Kier molecular flexibility index (Phi) is 9.69. The number of piperazine rings is 1. The zero-order valence-corrected chi connectivity index (χ0v) is 25.3. The van der Waals surface area contributed by atoms with Crippen molar-refractivity contribution >= 4 is 17.3 Å². The summed E-state index contributed by atoms with van der Waals surface area (Å²) >= 11 is 0. The van der Waals surface area contributed by atoms with E-state index >= 15 is 0 Å². The van der Waals surface area contributed by atoms with Crippen molar-refractivity contribution in [2.45, 2.75) is 13.5 Å². The Morgan fingerprint density at radius 3 is 2.02 bits per heavy atom. The van der Waals surface area contributed by atoms with E-state index in [1.165, 1.54) is 0 Å². The van der Waals surface area contributed by atoms with Crippen LogP contribution < -0.4 is 29.2 Å². The summed E-state index contributed by atoms with van der Waals surface area (Å²) in [5, 5.41) is 2.94. The van der Waals surface area contributed by atoms with Gasteiger partial charge in [0.1, 0.15) is 23.0 Å². The lowest BCUT2D eigenvalue weighted by atomic mass is 10.0. The van der Waals surface area contributed by atoms with Crippen molar-refractivity contribution in [3.63, 3.8) is 0 Å². The predicted octanol–water partition coefficient (Wildman–Crippen LogP) is 6.35. The first-order valence-corrected chi connectivity index (χ1v) is 14.5. The molecule has 43 heavy (non-hydrogen) atoms. The molecule has 0 atom stereocenters. The van der Waals surface area contributed by atoms with Gasteiger partial charge in [0.15, 0.2) is 0 Å². The number of nitrogens with one attached hydrogen (secondary N) is 1. The van der Waals surface area contributed by atoms with Crippen LogP contribution in [-0.2, 0) is 6.54 Å². The van der Waals surface area contributed by atoms with E-state index in [4.69, 9.17) is 18.9 Å². The van der Waals surface area contributed by atoms with Crippen molar-refractivity contribution in [1.29, 1.82) is 0 Å². The Balaban J connectivity index is 1.21. The van der Waals surface area contributed by atoms with Crippen LogP contribution in [0.2, 0.25) is 0 Å². The molecule has 1 amide bonds. The second-order valence-electron chi connectivity index (χ2n) is 10.3. The van der Waals surface area contributed by atoms with Gasteiger partial charge in [-0.2, -0.15) is 0 Å². The van der Waals surface area contributed by atoms with Crippen molar-refractivity contribution in [3.8, 4) is 34.1 Å². The molecular formula is C35H39N3O5. The molecule has 5 rings (SSSR count). The summed E-state index contributed by atoms with van der Waals surface area (Å²) in [6, 6.07) is 27.3.